The Kier molecular flexibility index (Phi) is 8.45. The lowest BCUT2D eigenvalue weighted by Crippen LogP contribution is -2.22. The van der Waals surface area contributed by atoms with Crippen LogP contribution in [-0.4, -0.2) is 8.80 Å². The first-order chi connectivity index (χ1) is 15.5. The standard InChI is InChI=1S/C28H37ClF2Si/c1-2-15-32-16-13-21(14-17-32)4-3-20-5-7-22(8-6-20)23-9-11-24(12-10-23)25-18-26(30)28(29)27(31)19-25/h9-12,18-22,32H,2-8,13-17H2,1H3/t20-,21?,22-,32?. The quantitative estimate of drug-likeness (QED) is 0.277. The molecule has 32 heavy (non-hydrogen) atoms. The summed E-state index contributed by atoms with van der Waals surface area (Å²) in [6, 6.07) is 15.7. The third kappa shape index (κ3) is 6.02. The van der Waals surface area contributed by atoms with E-state index in [1.807, 2.05) is 12.1 Å². The van der Waals surface area contributed by atoms with Gasteiger partial charge in [-0.3, -0.25) is 0 Å². The Morgan fingerprint density at radius 2 is 1.38 bits per heavy atom. The van der Waals surface area contributed by atoms with Gasteiger partial charge in [0.1, 0.15) is 16.7 Å². The van der Waals surface area contributed by atoms with Gasteiger partial charge in [-0.1, -0.05) is 93.0 Å². The predicted octanol–water partition coefficient (Wildman–Crippen LogP) is 9.39. The summed E-state index contributed by atoms with van der Waals surface area (Å²) in [5, 5.41) is -0.437. The van der Waals surface area contributed by atoms with Gasteiger partial charge >= 0.3 is 0 Å². The molecule has 0 bridgehead atoms. The second kappa shape index (κ2) is 11.3. The Morgan fingerprint density at radius 3 is 1.94 bits per heavy atom. The summed E-state index contributed by atoms with van der Waals surface area (Å²) in [6.07, 6.45) is 12.6. The van der Waals surface area contributed by atoms with Crippen LogP contribution >= 0.6 is 11.6 Å². The Bertz CT molecular complexity index is 842. The normalized spacial score (nSPS) is 26.2. The molecule has 2 aliphatic rings. The van der Waals surface area contributed by atoms with Crippen molar-refractivity contribution in [3.8, 4) is 11.1 Å². The maximum Gasteiger partial charge on any atom is 0.145 e. The summed E-state index contributed by atoms with van der Waals surface area (Å²) < 4.78 is 27.6. The van der Waals surface area contributed by atoms with Crippen LogP contribution < -0.4 is 0 Å². The molecule has 2 aromatic rings. The van der Waals surface area contributed by atoms with Crippen molar-refractivity contribution in [2.75, 3.05) is 0 Å². The molecule has 0 radical (unpaired) electrons. The highest BCUT2D eigenvalue weighted by Gasteiger charge is 2.25. The molecule has 0 unspecified atom stereocenters. The van der Waals surface area contributed by atoms with E-state index in [-0.39, 0.29) is 8.80 Å². The molecule has 4 heteroatoms. The molecule has 0 atom stereocenters. The van der Waals surface area contributed by atoms with Gasteiger partial charge in [0.2, 0.25) is 0 Å². The molecule has 1 heterocycles. The minimum atomic E-state index is -0.708. The summed E-state index contributed by atoms with van der Waals surface area (Å²) in [6.45, 7) is 2.35. The Balaban J connectivity index is 1.24. The molecule has 1 saturated carbocycles. The largest absolute Gasteiger partial charge is 0.205 e. The van der Waals surface area contributed by atoms with Crippen LogP contribution in [0.5, 0.6) is 0 Å². The fourth-order valence-corrected chi connectivity index (χ4v) is 9.82. The molecule has 0 spiro atoms. The highest BCUT2D eigenvalue weighted by molar-refractivity contribution is 6.58. The SMILES string of the molecule is CCC[SiH]1CCC(CC[C@H]2CC[C@H](c3ccc(-c4cc(F)c(Cl)c(F)c4)cc3)CC2)CC1. The molecule has 1 aliphatic carbocycles. The van der Waals surface area contributed by atoms with E-state index in [0.717, 1.165) is 17.4 Å². The summed E-state index contributed by atoms with van der Waals surface area (Å²) >= 11 is 5.61. The third-order valence-corrected chi connectivity index (χ3v) is 12.2. The van der Waals surface area contributed by atoms with Gasteiger partial charge in [-0.15, -0.1) is 0 Å². The fourth-order valence-electron chi connectivity index (χ4n) is 6.14. The number of benzene rings is 2. The van der Waals surface area contributed by atoms with Gasteiger partial charge in [0.25, 0.3) is 0 Å². The first-order valence-electron chi connectivity index (χ1n) is 12.8. The number of halogens is 3. The van der Waals surface area contributed by atoms with Crippen molar-refractivity contribution < 1.29 is 8.78 Å². The first-order valence-corrected chi connectivity index (χ1v) is 15.6. The smallest absolute Gasteiger partial charge is 0.145 e. The van der Waals surface area contributed by atoms with E-state index in [1.54, 1.807) is 18.1 Å². The van der Waals surface area contributed by atoms with Gasteiger partial charge < -0.3 is 0 Å². The highest BCUT2D eigenvalue weighted by atomic mass is 35.5. The molecule has 0 nitrogen and oxygen atoms in total. The van der Waals surface area contributed by atoms with Gasteiger partial charge in [-0.05, 0) is 72.3 Å². The van der Waals surface area contributed by atoms with Crippen molar-refractivity contribution >= 4 is 20.4 Å². The zero-order valence-electron chi connectivity index (χ0n) is 19.4. The second-order valence-electron chi connectivity index (χ2n) is 10.3. The topological polar surface area (TPSA) is 0 Å². The molecule has 1 aliphatic heterocycles. The summed E-state index contributed by atoms with van der Waals surface area (Å²) in [5.74, 6) is 1.13. The van der Waals surface area contributed by atoms with Crippen molar-refractivity contribution in [3.05, 3.63) is 58.6 Å². The Labute approximate surface area is 199 Å². The first kappa shape index (κ1) is 23.9. The summed E-state index contributed by atoms with van der Waals surface area (Å²) in [5.41, 5.74) is 2.72. The maximum atomic E-state index is 13.8. The fraction of sp³-hybridized carbons (Fsp3) is 0.571. The molecule has 1 saturated heterocycles. The molecule has 2 fully saturated rings. The van der Waals surface area contributed by atoms with Gasteiger partial charge in [0, 0.05) is 8.80 Å². The Hall–Kier alpha value is -1.19. The van der Waals surface area contributed by atoms with Crippen LogP contribution in [0.2, 0.25) is 23.2 Å². The lowest BCUT2D eigenvalue weighted by atomic mass is 9.76. The van der Waals surface area contributed by atoms with Crippen molar-refractivity contribution in [1.29, 1.82) is 0 Å². The average Bonchev–Trinajstić information content (AvgIpc) is 2.82. The number of hydrogen-bond acceptors (Lipinski definition) is 0. The molecule has 2 aromatic carbocycles. The van der Waals surface area contributed by atoms with Crippen LogP contribution in [0.3, 0.4) is 0 Å². The number of hydrogen-bond donors (Lipinski definition) is 0. The van der Waals surface area contributed by atoms with E-state index in [9.17, 15) is 8.78 Å². The average molecular weight is 475 g/mol. The second-order valence-corrected chi connectivity index (χ2v) is 14.2. The molecule has 4 rings (SSSR count). The van der Waals surface area contributed by atoms with Crippen LogP contribution in [0.25, 0.3) is 11.1 Å². The van der Waals surface area contributed by atoms with Crippen LogP contribution in [0.1, 0.15) is 76.2 Å². The summed E-state index contributed by atoms with van der Waals surface area (Å²) in [4.78, 5) is 0. The van der Waals surface area contributed by atoms with Crippen molar-refractivity contribution in [2.45, 2.75) is 88.8 Å². The van der Waals surface area contributed by atoms with Crippen LogP contribution in [0.4, 0.5) is 8.78 Å². The summed E-state index contributed by atoms with van der Waals surface area (Å²) in [7, 11) is -0.342. The van der Waals surface area contributed by atoms with Crippen LogP contribution in [0.15, 0.2) is 36.4 Å². The van der Waals surface area contributed by atoms with E-state index in [1.165, 1.54) is 75.5 Å². The van der Waals surface area contributed by atoms with E-state index in [4.69, 9.17) is 11.6 Å². The minimum Gasteiger partial charge on any atom is -0.205 e. The van der Waals surface area contributed by atoms with E-state index >= 15 is 0 Å². The zero-order chi connectivity index (χ0) is 22.5. The van der Waals surface area contributed by atoms with Gasteiger partial charge in [0.05, 0.1) is 0 Å². The molecular formula is C28H37ClF2Si. The molecule has 0 N–H and O–H groups in total. The zero-order valence-corrected chi connectivity index (χ0v) is 21.3. The van der Waals surface area contributed by atoms with E-state index in [2.05, 4.69) is 19.1 Å². The van der Waals surface area contributed by atoms with Gasteiger partial charge in [-0.25, -0.2) is 8.78 Å². The van der Waals surface area contributed by atoms with Crippen molar-refractivity contribution in [3.63, 3.8) is 0 Å². The molecule has 0 aromatic heterocycles. The number of rotatable bonds is 7. The lowest BCUT2D eigenvalue weighted by Gasteiger charge is -2.32. The van der Waals surface area contributed by atoms with Crippen molar-refractivity contribution in [1.82, 2.24) is 0 Å². The molecule has 0 amide bonds. The maximum absolute atomic E-state index is 13.8. The van der Waals surface area contributed by atoms with Gasteiger partial charge in [-0.2, -0.15) is 0 Å². The van der Waals surface area contributed by atoms with E-state index < -0.39 is 16.7 Å². The third-order valence-electron chi connectivity index (χ3n) is 8.19. The Morgan fingerprint density at radius 1 is 0.812 bits per heavy atom. The molecule has 174 valence electrons. The molecular weight excluding hydrogens is 438 g/mol. The minimum absolute atomic E-state index is 0.342. The highest BCUT2D eigenvalue weighted by Crippen LogP contribution is 2.40. The van der Waals surface area contributed by atoms with Crippen molar-refractivity contribution in [2.24, 2.45) is 11.8 Å². The van der Waals surface area contributed by atoms with E-state index in [0.29, 0.717) is 11.5 Å². The van der Waals surface area contributed by atoms with Crippen LogP contribution in [0, 0.1) is 23.5 Å². The van der Waals surface area contributed by atoms with Crippen LogP contribution in [-0.2, 0) is 0 Å². The monoisotopic (exact) mass is 474 g/mol. The predicted molar refractivity (Wildman–Crippen MR) is 135 cm³/mol. The lowest BCUT2D eigenvalue weighted by molar-refractivity contribution is 0.280. The van der Waals surface area contributed by atoms with Gasteiger partial charge in [0.15, 0.2) is 0 Å².